The Morgan fingerprint density at radius 3 is 2.02 bits per heavy atom. The van der Waals surface area contributed by atoms with Crippen molar-refractivity contribution in [3.05, 3.63) is 95.3 Å². The first-order valence-corrected chi connectivity index (χ1v) is 14.1. The summed E-state index contributed by atoms with van der Waals surface area (Å²) in [5.41, 5.74) is 7.83. The first-order valence-electron chi connectivity index (χ1n) is 14.1. The predicted molar refractivity (Wildman–Crippen MR) is 155 cm³/mol. The number of hydrogen-bond acceptors (Lipinski definition) is 5. The second-order valence-corrected chi connectivity index (χ2v) is 11.1. The number of aliphatic carboxylic acids is 2. The summed E-state index contributed by atoms with van der Waals surface area (Å²) < 4.78 is 0. The molecule has 1 radical (unpaired) electrons. The number of fused-ring (bicyclic) bond motifs is 7. The third kappa shape index (κ3) is 5.99. The molecule has 8 bridgehead atoms. The molecule has 0 saturated heterocycles. The fourth-order valence-corrected chi connectivity index (χ4v) is 6.42. The Morgan fingerprint density at radius 2 is 1.41 bits per heavy atom. The van der Waals surface area contributed by atoms with E-state index in [9.17, 15) is 24.6 Å². The Balaban J connectivity index is 0.00000192. The largest absolute Gasteiger partial charge is 1.00 e. The third-order valence-electron chi connectivity index (χ3n) is 8.78. The van der Waals surface area contributed by atoms with Gasteiger partial charge in [0.1, 0.15) is 0 Å². The molecule has 0 aromatic carbocycles. The molecule has 1 aliphatic carbocycles. The summed E-state index contributed by atoms with van der Waals surface area (Å²) >= 11 is 0. The molecule has 46 heavy (non-hydrogen) atoms. The zero-order chi connectivity index (χ0) is 30.9. The van der Waals surface area contributed by atoms with Crippen LogP contribution in [0.3, 0.4) is 0 Å². The van der Waals surface area contributed by atoms with Crippen molar-refractivity contribution in [3.63, 3.8) is 0 Å². The van der Waals surface area contributed by atoms with Crippen LogP contribution in [0.2, 0.25) is 0 Å². The van der Waals surface area contributed by atoms with Gasteiger partial charge in [0.2, 0.25) is 0 Å². The van der Waals surface area contributed by atoms with E-state index in [1.807, 2.05) is 32.9 Å². The van der Waals surface area contributed by atoms with Crippen molar-refractivity contribution in [3.8, 4) is 0 Å². The predicted octanol–water partition coefficient (Wildman–Crippen LogP) is -7.80. The third-order valence-corrected chi connectivity index (χ3v) is 8.78. The van der Waals surface area contributed by atoms with Crippen LogP contribution in [0.1, 0.15) is 85.4 Å². The van der Waals surface area contributed by atoms with Crippen LogP contribution in [-0.2, 0) is 39.5 Å². The number of rotatable bonds is 6. The van der Waals surface area contributed by atoms with Crippen LogP contribution in [0, 0.1) is 33.6 Å². The average Bonchev–Trinajstić information content (AvgIpc) is 3.68. The number of Topliss-reactive ketones (excluding diaryl/α,β-unsaturated/α-hetero) is 1. The molecule has 0 fully saturated rings. The van der Waals surface area contributed by atoms with Crippen molar-refractivity contribution in [2.24, 2.45) is 5.92 Å². The standard InChI is InChI=1S/C34H33N4O5.Cu.2Na/c1-7-18-14(3)21-11-23-16(5)20(9-10-27(39)40)31(37-23)29-30(34(42)43)33(41)28-17(6)24(38-32(28)29)13-26-19(8-2)15(4)22(36-26)12-25(18)35-21;;;/h7,11-13,30H,1,8-10H2,2-6H3,(H5-,35,36,37,38,39,40,41,42,43);;;/q-1;;2*+1/p-5. The molecule has 1 aliphatic heterocycles. The molecule has 4 aromatic heterocycles. The second-order valence-electron chi connectivity index (χ2n) is 11.1. The number of aromatic nitrogens is 4. The maximum absolute atomic E-state index is 13.7. The van der Waals surface area contributed by atoms with Crippen molar-refractivity contribution < 1.29 is 101 Å². The number of ketones is 1. The van der Waals surface area contributed by atoms with Crippen molar-refractivity contribution >= 4 is 47.6 Å². The number of carbonyl (C=O) groups excluding carboxylic acids is 3. The molecule has 5 heterocycles. The Labute approximate surface area is 320 Å². The molecule has 12 heteroatoms. The van der Waals surface area contributed by atoms with Gasteiger partial charge in [0.15, 0.2) is 5.78 Å². The van der Waals surface area contributed by atoms with E-state index in [4.69, 9.17) is 19.9 Å². The molecule has 0 saturated carbocycles. The minimum Gasteiger partial charge on any atom is -0.657 e. The van der Waals surface area contributed by atoms with Crippen LogP contribution in [0.4, 0.5) is 0 Å². The molecule has 0 N–H and O–H groups in total. The summed E-state index contributed by atoms with van der Waals surface area (Å²) in [6, 6.07) is 0. The molecule has 1 unspecified atom stereocenters. The molecular formula is C34H28CuN4Na2O5-4. The van der Waals surface area contributed by atoms with Crippen molar-refractivity contribution in [1.82, 2.24) is 19.9 Å². The number of carbonyl (C=O) groups is 3. The molecule has 231 valence electrons. The first kappa shape index (κ1) is 37.9. The number of nitrogens with zero attached hydrogens (tertiary/aromatic N) is 4. The van der Waals surface area contributed by atoms with Crippen molar-refractivity contribution in [2.45, 2.75) is 53.9 Å². The minimum atomic E-state index is -1.63. The molecule has 9 nitrogen and oxygen atoms in total. The smallest absolute Gasteiger partial charge is 0.657 e. The van der Waals surface area contributed by atoms with E-state index in [0.717, 1.165) is 27.6 Å². The first-order chi connectivity index (χ1) is 20.5. The normalized spacial score (nSPS) is 14.2. The number of hydrogen-bond donors (Lipinski definition) is 0. The van der Waals surface area contributed by atoms with E-state index in [2.05, 4.69) is 6.58 Å². The Morgan fingerprint density at radius 1 is 0.826 bits per heavy atom. The molecule has 6 rings (SSSR count). The van der Waals surface area contributed by atoms with E-state index in [1.54, 1.807) is 26.0 Å². The Bertz CT molecular complexity index is 2180. The van der Waals surface area contributed by atoms with E-state index in [1.165, 1.54) is 0 Å². The van der Waals surface area contributed by atoms with Crippen LogP contribution in [0.5, 0.6) is 0 Å². The van der Waals surface area contributed by atoms with Crippen LogP contribution in [0.15, 0.2) is 6.58 Å². The number of carboxylic acid groups (broad SMARTS) is 2. The van der Waals surface area contributed by atoms with Crippen molar-refractivity contribution in [1.29, 1.82) is 0 Å². The molecule has 1 atom stereocenters. The van der Waals surface area contributed by atoms with Gasteiger partial charge in [-0.15, -0.1) is 44.2 Å². The van der Waals surface area contributed by atoms with E-state index in [0.29, 0.717) is 50.9 Å². The second kappa shape index (κ2) is 14.3. The van der Waals surface area contributed by atoms with Crippen LogP contribution < -0.4 is 111 Å². The average molecular weight is 682 g/mol. The summed E-state index contributed by atoms with van der Waals surface area (Å²) in [4.78, 5) is 57.1. The van der Waals surface area contributed by atoms with Gasteiger partial charge in [-0.05, 0) is 52.5 Å². The van der Waals surface area contributed by atoms with Gasteiger partial charge in [0.25, 0.3) is 0 Å². The van der Waals surface area contributed by atoms with Crippen LogP contribution in [0.25, 0.3) is 29.9 Å². The van der Waals surface area contributed by atoms with Crippen molar-refractivity contribution in [2.75, 3.05) is 0 Å². The number of carboxylic acids is 2. The van der Waals surface area contributed by atoms with Gasteiger partial charge in [-0.25, -0.2) is 0 Å². The topological polar surface area (TPSA) is 154 Å². The maximum atomic E-state index is 13.7. The van der Waals surface area contributed by atoms with E-state index in [-0.39, 0.29) is 111 Å². The van der Waals surface area contributed by atoms with Gasteiger partial charge in [-0.2, -0.15) is 0 Å². The summed E-state index contributed by atoms with van der Waals surface area (Å²) in [7, 11) is 0. The zero-order valence-electron chi connectivity index (χ0n) is 26.8. The van der Waals surface area contributed by atoms with Gasteiger partial charge in [0.05, 0.1) is 11.9 Å². The Kier molecular flexibility index (Phi) is 11.8. The molecule has 4 aromatic rings. The zero-order valence-corrected chi connectivity index (χ0v) is 31.8. The summed E-state index contributed by atoms with van der Waals surface area (Å²) in [5, 5.41) is 26.1. The van der Waals surface area contributed by atoms with Gasteiger partial charge < -0.3 is 39.7 Å². The molecule has 0 spiro atoms. The SMILES string of the molecule is C=Cc1c2[n-]c(c1C)C=c1[n-]c(c(CCC(=O)[O-])c1C)=C1c3[n-]c(c(C)c3C(=O)C1C(=O)[O-])C=c1[n-]c(c(C)c1CC)=C2.[Cu].[Na+].[Na+]. The fraction of sp³-hybridized carbons (Fsp3) is 0.265. The van der Waals surface area contributed by atoms with Gasteiger partial charge in [0, 0.05) is 28.6 Å². The van der Waals surface area contributed by atoms with E-state index < -0.39 is 23.6 Å². The molecular weight excluding hydrogens is 654 g/mol. The molecule has 0 amide bonds. The quantitative estimate of drug-likeness (QED) is 0.143. The summed E-state index contributed by atoms with van der Waals surface area (Å²) in [6.07, 6.45) is 7.72. The minimum absolute atomic E-state index is 0. The summed E-state index contributed by atoms with van der Waals surface area (Å²) in [6.45, 7) is 13.5. The molecule has 2 aliphatic rings. The monoisotopic (exact) mass is 681 g/mol. The van der Waals surface area contributed by atoms with E-state index >= 15 is 0 Å². The summed E-state index contributed by atoms with van der Waals surface area (Å²) in [5.74, 6) is -5.08. The van der Waals surface area contributed by atoms with Gasteiger partial charge in [-0.1, -0.05) is 76.8 Å². The van der Waals surface area contributed by atoms with Gasteiger partial charge >= 0.3 is 59.1 Å². The maximum Gasteiger partial charge on any atom is 1.00 e. The fourth-order valence-electron chi connectivity index (χ4n) is 6.42. The van der Waals surface area contributed by atoms with Gasteiger partial charge in [-0.3, -0.25) is 4.79 Å². The van der Waals surface area contributed by atoms with Crippen LogP contribution >= 0.6 is 0 Å². The Hall–Kier alpha value is -2.53. The van der Waals surface area contributed by atoms with Crippen LogP contribution in [-0.4, -0.2) is 17.7 Å².